The molecule has 3 amide bonds. The van der Waals surface area contributed by atoms with Crippen molar-refractivity contribution in [1.82, 2.24) is 5.32 Å². The molecule has 0 bridgehead atoms. The molecule has 0 aliphatic heterocycles. The molecule has 0 fully saturated rings. The summed E-state index contributed by atoms with van der Waals surface area (Å²) in [5.74, 6) is -1.47. The highest BCUT2D eigenvalue weighted by atomic mass is 35.5. The number of hydrogen-bond donors (Lipinski definition) is 3. The maximum atomic E-state index is 11.6. The monoisotopic (exact) mass is 299 g/mol. The molecular formula is C12H14ClN3O4. The Balaban J connectivity index is 2.80. The average molecular weight is 300 g/mol. The Kier molecular flexibility index (Phi) is 5.79. The molecule has 0 unspecified atom stereocenters. The van der Waals surface area contributed by atoms with Gasteiger partial charge in [0.2, 0.25) is 0 Å². The van der Waals surface area contributed by atoms with Gasteiger partial charge >= 0.3 is 12.0 Å². The normalized spacial score (nSPS) is 11.4. The van der Waals surface area contributed by atoms with Crippen LogP contribution in [0.3, 0.4) is 0 Å². The van der Waals surface area contributed by atoms with Crippen LogP contribution in [0, 0.1) is 0 Å². The molecule has 1 aromatic rings. The van der Waals surface area contributed by atoms with E-state index < -0.39 is 30.6 Å². The lowest BCUT2D eigenvalue weighted by Crippen LogP contribution is -2.35. The lowest BCUT2D eigenvalue weighted by atomic mass is 10.0. The maximum absolute atomic E-state index is 11.6. The van der Waals surface area contributed by atoms with Crippen molar-refractivity contribution in [3.63, 3.8) is 0 Å². The Morgan fingerprint density at radius 2 is 1.90 bits per heavy atom. The second-order valence-corrected chi connectivity index (χ2v) is 4.32. The summed E-state index contributed by atoms with van der Waals surface area (Å²) >= 11 is 6.00. The van der Waals surface area contributed by atoms with E-state index in [1.807, 2.05) is 0 Å². The number of hydrogen-bond acceptors (Lipinski definition) is 4. The number of nitrogens with one attached hydrogen (secondary N) is 1. The van der Waals surface area contributed by atoms with E-state index in [1.165, 1.54) is 0 Å². The molecule has 5 N–H and O–H groups in total. The van der Waals surface area contributed by atoms with Gasteiger partial charge in [-0.25, -0.2) is 4.79 Å². The van der Waals surface area contributed by atoms with Gasteiger partial charge in [0.25, 0.3) is 5.91 Å². The summed E-state index contributed by atoms with van der Waals surface area (Å²) in [6.07, 6.45) is -0.222. The third kappa shape index (κ3) is 5.15. The highest BCUT2D eigenvalue weighted by molar-refractivity contribution is 6.31. The summed E-state index contributed by atoms with van der Waals surface area (Å²) in [6.45, 7) is -0.523. The molecule has 0 aromatic heterocycles. The molecule has 20 heavy (non-hydrogen) atoms. The number of esters is 1. The van der Waals surface area contributed by atoms with Crippen LogP contribution >= 0.6 is 11.6 Å². The standard InChI is InChI=1S/C12H14ClN3O4/c13-8-4-2-1-3-7(8)9(16-12(15)19)5-11(18)20-6-10(14)17/h1-4,9H,5-6H2,(H2,14,17)(H3,15,16,19)/t9-/m0/s1. The second kappa shape index (κ2) is 7.34. The van der Waals surface area contributed by atoms with Crippen LogP contribution in [-0.4, -0.2) is 24.5 Å². The Hall–Kier alpha value is -2.28. The molecule has 1 rings (SSSR count). The SMILES string of the molecule is NC(=O)COC(=O)C[C@H](NC(N)=O)c1ccccc1Cl. The lowest BCUT2D eigenvalue weighted by molar-refractivity contribution is -0.148. The van der Waals surface area contributed by atoms with Crippen LogP contribution in [0.15, 0.2) is 24.3 Å². The van der Waals surface area contributed by atoms with Gasteiger partial charge in [0, 0.05) is 5.02 Å². The first-order valence-electron chi connectivity index (χ1n) is 5.64. The van der Waals surface area contributed by atoms with Crippen molar-refractivity contribution in [2.24, 2.45) is 11.5 Å². The van der Waals surface area contributed by atoms with E-state index in [4.69, 9.17) is 23.1 Å². The van der Waals surface area contributed by atoms with Gasteiger partial charge in [-0.05, 0) is 11.6 Å². The van der Waals surface area contributed by atoms with Crippen molar-refractivity contribution in [2.45, 2.75) is 12.5 Å². The number of urea groups is 1. The summed E-state index contributed by atoms with van der Waals surface area (Å²) in [4.78, 5) is 33.1. The number of benzene rings is 1. The minimum Gasteiger partial charge on any atom is -0.456 e. The zero-order chi connectivity index (χ0) is 15.1. The predicted octanol–water partition coefficient (Wildman–Crippen LogP) is 0.468. The highest BCUT2D eigenvalue weighted by Gasteiger charge is 2.20. The first kappa shape index (κ1) is 15.8. The van der Waals surface area contributed by atoms with E-state index in [0.717, 1.165) is 0 Å². The zero-order valence-corrected chi connectivity index (χ0v) is 11.2. The summed E-state index contributed by atoms with van der Waals surface area (Å²) < 4.78 is 4.63. The molecule has 7 nitrogen and oxygen atoms in total. The van der Waals surface area contributed by atoms with E-state index in [1.54, 1.807) is 24.3 Å². The van der Waals surface area contributed by atoms with Crippen molar-refractivity contribution >= 4 is 29.5 Å². The van der Waals surface area contributed by atoms with Crippen LogP contribution in [-0.2, 0) is 14.3 Å². The number of amides is 3. The van der Waals surface area contributed by atoms with Gasteiger partial charge < -0.3 is 21.5 Å². The average Bonchev–Trinajstić information content (AvgIpc) is 2.35. The van der Waals surface area contributed by atoms with Gasteiger partial charge in [-0.1, -0.05) is 29.8 Å². The van der Waals surface area contributed by atoms with Crippen LogP contribution < -0.4 is 16.8 Å². The molecule has 1 aromatic carbocycles. The van der Waals surface area contributed by atoms with E-state index >= 15 is 0 Å². The van der Waals surface area contributed by atoms with Gasteiger partial charge in [-0.2, -0.15) is 0 Å². The van der Waals surface area contributed by atoms with Crippen LogP contribution in [0.1, 0.15) is 18.0 Å². The number of rotatable bonds is 6. The second-order valence-electron chi connectivity index (χ2n) is 3.91. The number of carbonyl (C=O) groups excluding carboxylic acids is 3. The molecular weight excluding hydrogens is 286 g/mol. The van der Waals surface area contributed by atoms with Gasteiger partial charge in [0.1, 0.15) is 0 Å². The molecule has 0 aliphatic carbocycles. The number of primary amides is 2. The molecule has 0 heterocycles. The Morgan fingerprint density at radius 1 is 1.25 bits per heavy atom. The van der Waals surface area contributed by atoms with Gasteiger partial charge in [0.05, 0.1) is 12.5 Å². The van der Waals surface area contributed by atoms with Crippen molar-refractivity contribution in [3.8, 4) is 0 Å². The highest BCUT2D eigenvalue weighted by Crippen LogP contribution is 2.25. The largest absolute Gasteiger partial charge is 0.456 e. The van der Waals surface area contributed by atoms with Crippen LogP contribution in [0.25, 0.3) is 0 Å². The van der Waals surface area contributed by atoms with Crippen molar-refractivity contribution in [2.75, 3.05) is 6.61 Å². The summed E-state index contributed by atoms with van der Waals surface area (Å²) in [5.41, 5.74) is 10.4. The first-order valence-corrected chi connectivity index (χ1v) is 6.02. The molecule has 0 saturated heterocycles. The maximum Gasteiger partial charge on any atom is 0.312 e. The molecule has 1 atom stereocenters. The Morgan fingerprint density at radius 3 is 2.45 bits per heavy atom. The van der Waals surface area contributed by atoms with Gasteiger partial charge in [0.15, 0.2) is 6.61 Å². The fourth-order valence-corrected chi connectivity index (χ4v) is 1.81. The summed E-state index contributed by atoms with van der Waals surface area (Å²) in [6, 6.07) is 5.11. The molecule has 0 saturated carbocycles. The summed E-state index contributed by atoms with van der Waals surface area (Å²) in [7, 11) is 0. The lowest BCUT2D eigenvalue weighted by Gasteiger charge is -2.18. The van der Waals surface area contributed by atoms with Gasteiger partial charge in [-0.3, -0.25) is 9.59 Å². The smallest absolute Gasteiger partial charge is 0.312 e. The van der Waals surface area contributed by atoms with Crippen LogP contribution in [0.5, 0.6) is 0 Å². The molecule has 8 heteroatoms. The van der Waals surface area contributed by atoms with E-state index in [0.29, 0.717) is 10.6 Å². The van der Waals surface area contributed by atoms with Crippen LogP contribution in [0.4, 0.5) is 4.79 Å². The fraction of sp³-hybridized carbons (Fsp3) is 0.250. The topological polar surface area (TPSA) is 125 Å². The first-order chi connectivity index (χ1) is 9.40. The van der Waals surface area contributed by atoms with Crippen molar-refractivity contribution in [1.29, 1.82) is 0 Å². The third-order valence-corrected chi connectivity index (χ3v) is 2.69. The minimum atomic E-state index is -0.808. The Labute approximate surface area is 120 Å². The quantitative estimate of drug-likeness (QED) is 0.660. The third-order valence-electron chi connectivity index (χ3n) is 2.34. The van der Waals surface area contributed by atoms with E-state index in [2.05, 4.69) is 10.1 Å². The molecule has 0 radical (unpaired) electrons. The minimum absolute atomic E-state index is 0.222. The van der Waals surface area contributed by atoms with Crippen molar-refractivity contribution < 1.29 is 19.1 Å². The fourth-order valence-electron chi connectivity index (χ4n) is 1.55. The zero-order valence-electron chi connectivity index (χ0n) is 10.5. The number of nitrogens with two attached hydrogens (primary N) is 2. The Bertz CT molecular complexity index is 521. The number of halogens is 1. The summed E-state index contributed by atoms with van der Waals surface area (Å²) in [5, 5.41) is 2.76. The molecule has 0 aliphatic rings. The van der Waals surface area contributed by atoms with Crippen LogP contribution in [0.2, 0.25) is 5.02 Å². The predicted molar refractivity (Wildman–Crippen MR) is 71.7 cm³/mol. The van der Waals surface area contributed by atoms with E-state index in [-0.39, 0.29) is 6.42 Å². The molecule has 0 spiro atoms. The number of ether oxygens (including phenoxy) is 1. The van der Waals surface area contributed by atoms with Gasteiger partial charge in [-0.15, -0.1) is 0 Å². The van der Waals surface area contributed by atoms with Crippen molar-refractivity contribution in [3.05, 3.63) is 34.9 Å². The molecule has 108 valence electrons. The number of carbonyl (C=O) groups is 3. The van der Waals surface area contributed by atoms with E-state index in [9.17, 15) is 14.4 Å².